The fourth-order valence-electron chi connectivity index (χ4n) is 5.54. The van der Waals surface area contributed by atoms with Crippen molar-refractivity contribution in [2.45, 2.75) is 56.7 Å². The summed E-state index contributed by atoms with van der Waals surface area (Å²) in [6.07, 6.45) is 6.86. The topological polar surface area (TPSA) is 67.2 Å². The number of hydrogen-bond donors (Lipinski definition) is 3. The Labute approximate surface area is 137 Å². The molecule has 122 valence electrons. The molecule has 4 N–H and O–H groups in total. The fraction of sp³-hybridized carbons (Fsp3) is 0.632. The second-order valence-electron chi connectivity index (χ2n) is 8.02. The molecule has 0 aromatic heterocycles. The molecule has 3 aliphatic carbocycles. The number of carbonyl (C=O) groups excluding carboxylic acids is 1. The minimum atomic E-state index is 0.163. The van der Waals surface area contributed by atoms with Crippen LogP contribution in [0.5, 0.6) is 0 Å². The summed E-state index contributed by atoms with van der Waals surface area (Å²) in [7, 11) is 0. The number of nitrogens with two attached hydrogens (primary N) is 1. The Morgan fingerprint density at radius 1 is 1.04 bits per heavy atom. The first-order valence-electron chi connectivity index (χ1n) is 9.15. The number of hydrogen-bond acceptors (Lipinski definition) is 3. The van der Waals surface area contributed by atoms with Crippen LogP contribution in [0.4, 0.5) is 5.69 Å². The van der Waals surface area contributed by atoms with E-state index in [9.17, 15) is 4.79 Å². The molecule has 4 fully saturated rings. The highest BCUT2D eigenvalue weighted by Gasteiger charge is 2.43. The maximum absolute atomic E-state index is 12.8. The lowest BCUT2D eigenvalue weighted by molar-refractivity contribution is -0.125. The van der Waals surface area contributed by atoms with Crippen LogP contribution in [-0.4, -0.2) is 11.9 Å². The molecule has 1 amide bonds. The molecule has 1 saturated heterocycles. The Morgan fingerprint density at radius 2 is 1.83 bits per heavy atom. The molecule has 1 aromatic rings. The highest BCUT2D eigenvalue weighted by molar-refractivity contribution is 5.93. The van der Waals surface area contributed by atoms with Crippen molar-refractivity contribution in [2.75, 3.05) is 5.32 Å². The third-order valence-corrected chi connectivity index (χ3v) is 6.80. The second-order valence-corrected chi connectivity index (χ2v) is 8.02. The molecule has 4 bridgehead atoms. The maximum Gasteiger partial charge on any atom is 0.227 e. The number of carbonyl (C=O) groups is 1. The van der Waals surface area contributed by atoms with Crippen molar-refractivity contribution < 1.29 is 4.79 Å². The van der Waals surface area contributed by atoms with Gasteiger partial charge < -0.3 is 16.4 Å². The van der Waals surface area contributed by atoms with E-state index in [-0.39, 0.29) is 11.8 Å². The third kappa shape index (κ3) is 2.15. The molecular weight excluding hydrogens is 286 g/mol. The van der Waals surface area contributed by atoms with Gasteiger partial charge in [0.2, 0.25) is 5.91 Å². The van der Waals surface area contributed by atoms with Crippen LogP contribution in [-0.2, 0) is 4.79 Å². The second kappa shape index (κ2) is 5.05. The number of fused-ring (bicyclic) bond motifs is 8. The highest BCUT2D eigenvalue weighted by Crippen LogP contribution is 2.47. The van der Waals surface area contributed by atoms with Crippen LogP contribution in [0, 0.1) is 17.8 Å². The van der Waals surface area contributed by atoms with Crippen LogP contribution in [0.25, 0.3) is 0 Å². The molecule has 6 atom stereocenters. The predicted molar refractivity (Wildman–Crippen MR) is 89.8 cm³/mol. The van der Waals surface area contributed by atoms with E-state index in [1.165, 1.54) is 36.8 Å². The van der Waals surface area contributed by atoms with Crippen molar-refractivity contribution in [3.05, 3.63) is 29.3 Å². The van der Waals surface area contributed by atoms with Gasteiger partial charge in [-0.3, -0.25) is 4.79 Å². The van der Waals surface area contributed by atoms with Crippen LogP contribution in [0.1, 0.15) is 61.7 Å². The molecule has 3 saturated carbocycles. The minimum Gasteiger partial charge on any atom is -0.327 e. The quantitative estimate of drug-likeness (QED) is 0.787. The fourth-order valence-corrected chi connectivity index (χ4v) is 5.54. The Balaban J connectivity index is 1.33. The summed E-state index contributed by atoms with van der Waals surface area (Å²) in [6, 6.07) is 7.82. The third-order valence-electron chi connectivity index (χ3n) is 6.80. The average molecular weight is 311 g/mol. The number of amides is 1. The van der Waals surface area contributed by atoms with Crippen LogP contribution in [0.15, 0.2) is 18.2 Å². The SMILES string of the molecule is NC1CC2CCC1CC2C(=O)Nc1ccc2c(c1)C1CCC2N1. The van der Waals surface area contributed by atoms with Gasteiger partial charge in [-0.15, -0.1) is 0 Å². The number of rotatable bonds is 2. The summed E-state index contributed by atoms with van der Waals surface area (Å²) in [6.45, 7) is 0. The lowest BCUT2D eigenvalue weighted by Crippen LogP contribution is -2.48. The lowest BCUT2D eigenvalue weighted by atomic mass is 9.62. The van der Waals surface area contributed by atoms with Crippen molar-refractivity contribution in [3.63, 3.8) is 0 Å². The molecular formula is C19H25N3O. The van der Waals surface area contributed by atoms with Crippen molar-refractivity contribution in [2.24, 2.45) is 23.5 Å². The van der Waals surface area contributed by atoms with Gasteiger partial charge in [0.05, 0.1) is 0 Å². The molecule has 0 radical (unpaired) electrons. The van der Waals surface area contributed by atoms with Crippen LogP contribution in [0.2, 0.25) is 0 Å². The summed E-state index contributed by atoms with van der Waals surface area (Å²) in [4.78, 5) is 12.8. The van der Waals surface area contributed by atoms with Gasteiger partial charge >= 0.3 is 0 Å². The van der Waals surface area contributed by atoms with Gasteiger partial charge in [0.25, 0.3) is 0 Å². The van der Waals surface area contributed by atoms with E-state index in [0.29, 0.717) is 30.0 Å². The monoisotopic (exact) mass is 311 g/mol. The number of anilines is 1. The Kier molecular flexibility index (Phi) is 3.07. The number of nitrogens with one attached hydrogen (secondary N) is 2. The summed E-state index contributed by atoms with van der Waals surface area (Å²) >= 11 is 0. The van der Waals surface area contributed by atoms with Crippen molar-refractivity contribution in [1.82, 2.24) is 5.32 Å². The van der Waals surface area contributed by atoms with Gasteiger partial charge in [0.1, 0.15) is 0 Å². The Hall–Kier alpha value is -1.39. The molecule has 5 aliphatic rings. The molecule has 6 rings (SSSR count). The maximum atomic E-state index is 12.8. The largest absolute Gasteiger partial charge is 0.327 e. The first-order valence-corrected chi connectivity index (χ1v) is 9.15. The van der Waals surface area contributed by atoms with E-state index in [1.54, 1.807) is 0 Å². The van der Waals surface area contributed by atoms with Crippen molar-refractivity contribution in [1.29, 1.82) is 0 Å². The van der Waals surface area contributed by atoms with Gasteiger partial charge in [-0.1, -0.05) is 6.07 Å². The van der Waals surface area contributed by atoms with Crippen LogP contribution >= 0.6 is 0 Å². The number of benzene rings is 1. The standard InChI is InChI=1S/C19H25N3O/c20-16-8-10-1-2-11(16)7-14(10)19(23)21-12-3-4-13-15(9-12)18-6-5-17(13)22-18/h3-4,9-11,14,16-18,22H,1-2,5-8,20H2,(H,21,23). The summed E-state index contributed by atoms with van der Waals surface area (Å²) < 4.78 is 0. The van der Waals surface area contributed by atoms with Gasteiger partial charge in [0, 0.05) is 29.7 Å². The van der Waals surface area contributed by atoms with Crippen LogP contribution < -0.4 is 16.4 Å². The van der Waals surface area contributed by atoms with E-state index >= 15 is 0 Å². The van der Waals surface area contributed by atoms with E-state index < -0.39 is 0 Å². The lowest BCUT2D eigenvalue weighted by Gasteiger charge is -2.45. The van der Waals surface area contributed by atoms with Gasteiger partial charge in [-0.2, -0.15) is 0 Å². The first kappa shape index (κ1) is 14.0. The highest BCUT2D eigenvalue weighted by atomic mass is 16.1. The smallest absolute Gasteiger partial charge is 0.227 e. The Morgan fingerprint density at radius 3 is 2.57 bits per heavy atom. The molecule has 2 aliphatic heterocycles. The predicted octanol–water partition coefficient (Wildman–Crippen LogP) is 2.87. The molecule has 2 heterocycles. The Bertz CT molecular complexity index is 658. The van der Waals surface area contributed by atoms with E-state index in [1.807, 2.05) is 0 Å². The average Bonchev–Trinajstić information content (AvgIpc) is 3.17. The summed E-state index contributed by atoms with van der Waals surface area (Å²) in [5.41, 5.74) is 9.99. The van der Waals surface area contributed by atoms with Crippen molar-refractivity contribution >= 4 is 11.6 Å². The van der Waals surface area contributed by atoms with Gasteiger partial charge in [0.15, 0.2) is 0 Å². The molecule has 0 spiro atoms. The molecule has 23 heavy (non-hydrogen) atoms. The zero-order chi connectivity index (χ0) is 15.6. The van der Waals surface area contributed by atoms with E-state index in [4.69, 9.17) is 5.73 Å². The minimum absolute atomic E-state index is 0.163. The first-order chi connectivity index (χ1) is 11.2. The van der Waals surface area contributed by atoms with Gasteiger partial charge in [-0.05, 0) is 73.6 Å². The zero-order valence-corrected chi connectivity index (χ0v) is 13.4. The van der Waals surface area contributed by atoms with E-state index in [2.05, 4.69) is 28.8 Å². The summed E-state index contributed by atoms with van der Waals surface area (Å²) in [5.74, 6) is 1.41. The molecule has 4 heteroatoms. The zero-order valence-electron chi connectivity index (χ0n) is 13.4. The summed E-state index contributed by atoms with van der Waals surface area (Å²) in [5, 5.41) is 6.83. The normalized spacial score (nSPS) is 40.2. The molecule has 1 aromatic carbocycles. The molecule has 4 nitrogen and oxygen atoms in total. The van der Waals surface area contributed by atoms with E-state index in [0.717, 1.165) is 18.5 Å². The van der Waals surface area contributed by atoms with Crippen molar-refractivity contribution in [3.8, 4) is 0 Å². The molecule has 6 unspecified atom stereocenters. The van der Waals surface area contributed by atoms with Crippen LogP contribution in [0.3, 0.4) is 0 Å². The van der Waals surface area contributed by atoms with Gasteiger partial charge in [-0.25, -0.2) is 0 Å².